The van der Waals surface area contributed by atoms with Crippen molar-refractivity contribution in [3.05, 3.63) is 77.0 Å². The van der Waals surface area contributed by atoms with Crippen molar-refractivity contribution in [3.63, 3.8) is 0 Å². The minimum atomic E-state index is -0.289. The van der Waals surface area contributed by atoms with Crippen LogP contribution in [0.2, 0.25) is 0 Å². The van der Waals surface area contributed by atoms with Gasteiger partial charge in [-0.3, -0.25) is 9.36 Å². The maximum Gasteiger partial charge on any atom is 0.330 e. The number of rotatable bonds is 5. The van der Waals surface area contributed by atoms with Crippen LogP contribution >= 0.6 is 0 Å². The molecule has 0 aliphatic carbocycles. The summed E-state index contributed by atoms with van der Waals surface area (Å²) < 4.78 is 6.59. The Labute approximate surface area is 138 Å². The predicted molar refractivity (Wildman–Crippen MR) is 91.7 cm³/mol. The molecular formula is C18H17N3O3. The summed E-state index contributed by atoms with van der Waals surface area (Å²) in [6, 6.07) is 16.3. The molecule has 2 N–H and O–H groups in total. The smallest absolute Gasteiger partial charge is 0.330 e. The first-order valence-corrected chi connectivity index (χ1v) is 7.46. The average molecular weight is 323 g/mol. The van der Waals surface area contributed by atoms with Crippen molar-refractivity contribution in [1.82, 2.24) is 9.55 Å². The van der Waals surface area contributed by atoms with Gasteiger partial charge in [-0.1, -0.05) is 18.2 Å². The highest BCUT2D eigenvalue weighted by Gasteiger charge is 2.12. The lowest BCUT2D eigenvalue weighted by molar-refractivity contribution is -0.115. The number of aromatic amines is 1. The van der Waals surface area contributed by atoms with Crippen molar-refractivity contribution < 1.29 is 9.53 Å². The third-order valence-electron chi connectivity index (χ3n) is 3.58. The second-order valence-corrected chi connectivity index (χ2v) is 5.21. The Morgan fingerprint density at radius 1 is 1.12 bits per heavy atom. The van der Waals surface area contributed by atoms with Crippen molar-refractivity contribution in [2.45, 2.75) is 6.42 Å². The van der Waals surface area contributed by atoms with Gasteiger partial charge in [-0.05, 0) is 36.4 Å². The number of ether oxygens (including phenoxy) is 1. The number of imidazole rings is 1. The average Bonchev–Trinajstić information content (AvgIpc) is 2.96. The van der Waals surface area contributed by atoms with Crippen molar-refractivity contribution in [1.29, 1.82) is 0 Å². The van der Waals surface area contributed by atoms with E-state index >= 15 is 0 Å². The first kappa shape index (κ1) is 15.6. The standard InChI is InChI=1S/C18H17N3O3/c1-24-16-9-7-14(8-10-16)21-15(12-19-18(21)23)11-17(22)20-13-5-3-2-4-6-13/h2-10,12H,11H2,1H3,(H,19,23)(H,20,22). The molecule has 1 heterocycles. The van der Waals surface area contributed by atoms with Crippen LogP contribution in [0, 0.1) is 0 Å². The number of para-hydroxylation sites is 1. The van der Waals surface area contributed by atoms with Gasteiger partial charge in [0.15, 0.2) is 0 Å². The molecule has 6 nitrogen and oxygen atoms in total. The number of hydrogen-bond donors (Lipinski definition) is 2. The maximum atomic E-state index is 12.2. The van der Waals surface area contributed by atoms with E-state index in [1.54, 1.807) is 37.6 Å². The van der Waals surface area contributed by atoms with Gasteiger partial charge in [0.1, 0.15) is 5.75 Å². The van der Waals surface area contributed by atoms with Crippen molar-refractivity contribution in [2.24, 2.45) is 0 Å². The number of methoxy groups -OCH3 is 1. The van der Waals surface area contributed by atoms with Gasteiger partial charge in [0.25, 0.3) is 0 Å². The number of hydrogen-bond acceptors (Lipinski definition) is 3. The minimum Gasteiger partial charge on any atom is -0.497 e. The summed E-state index contributed by atoms with van der Waals surface area (Å²) >= 11 is 0. The topological polar surface area (TPSA) is 76.1 Å². The molecule has 0 unspecified atom stereocenters. The zero-order chi connectivity index (χ0) is 16.9. The highest BCUT2D eigenvalue weighted by atomic mass is 16.5. The van der Waals surface area contributed by atoms with Gasteiger partial charge >= 0.3 is 5.69 Å². The highest BCUT2D eigenvalue weighted by molar-refractivity contribution is 5.92. The van der Waals surface area contributed by atoms with Crippen LogP contribution in [0.1, 0.15) is 5.69 Å². The van der Waals surface area contributed by atoms with Crippen molar-refractivity contribution in [2.75, 3.05) is 12.4 Å². The number of amides is 1. The summed E-state index contributed by atoms with van der Waals surface area (Å²) in [5.74, 6) is 0.508. The summed E-state index contributed by atoms with van der Waals surface area (Å²) in [7, 11) is 1.58. The molecule has 0 saturated heterocycles. The zero-order valence-electron chi connectivity index (χ0n) is 13.2. The summed E-state index contributed by atoms with van der Waals surface area (Å²) in [5.41, 5.74) is 1.68. The molecule has 0 bridgehead atoms. The molecule has 6 heteroatoms. The SMILES string of the molecule is COc1ccc(-n2c(CC(=O)Nc3ccccc3)c[nH]c2=O)cc1. The Bertz CT molecular complexity index is 880. The molecule has 2 aromatic carbocycles. The van der Waals surface area contributed by atoms with E-state index in [-0.39, 0.29) is 18.0 Å². The molecule has 3 aromatic rings. The summed E-state index contributed by atoms with van der Waals surface area (Å²) in [6.07, 6.45) is 1.64. The quantitative estimate of drug-likeness (QED) is 0.757. The fourth-order valence-corrected chi connectivity index (χ4v) is 2.44. The molecule has 0 aliphatic rings. The molecule has 0 atom stereocenters. The highest BCUT2D eigenvalue weighted by Crippen LogP contribution is 2.15. The van der Waals surface area contributed by atoms with Crippen LogP contribution in [0.5, 0.6) is 5.75 Å². The molecule has 122 valence electrons. The first-order chi connectivity index (χ1) is 11.7. The van der Waals surface area contributed by atoms with Crippen LogP contribution in [0.4, 0.5) is 5.69 Å². The Balaban J connectivity index is 1.82. The molecule has 0 aliphatic heterocycles. The zero-order valence-corrected chi connectivity index (χ0v) is 13.2. The van der Waals surface area contributed by atoms with Gasteiger partial charge in [0.05, 0.1) is 24.9 Å². The van der Waals surface area contributed by atoms with Crippen LogP contribution in [0.15, 0.2) is 65.6 Å². The van der Waals surface area contributed by atoms with Gasteiger partial charge in [-0.25, -0.2) is 4.79 Å². The Hall–Kier alpha value is -3.28. The van der Waals surface area contributed by atoms with E-state index in [1.807, 2.05) is 30.3 Å². The van der Waals surface area contributed by atoms with E-state index in [1.165, 1.54) is 4.57 Å². The van der Waals surface area contributed by atoms with E-state index in [0.29, 0.717) is 17.1 Å². The van der Waals surface area contributed by atoms with Crippen LogP contribution in [0.3, 0.4) is 0 Å². The number of anilines is 1. The predicted octanol–water partition coefficient (Wildman–Crippen LogP) is 2.36. The Morgan fingerprint density at radius 2 is 1.83 bits per heavy atom. The van der Waals surface area contributed by atoms with Gasteiger partial charge in [0, 0.05) is 11.9 Å². The molecular weight excluding hydrogens is 306 g/mol. The number of carbonyl (C=O) groups is 1. The lowest BCUT2D eigenvalue weighted by Gasteiger charge is -2.09. The molecule has 1 amide bonds. The maximum absolute atomic E-state index is 12.2. The van der Waals surface area contributed by atoms with E-state index < -0.39 is 0 Å². The monoisotopic (exact) mass is 323 g/mol. The van der Waals surface area contributed by atoms with Gasteiger partial charge in [-0.15, -0.1) is 0 Å². The molecule has 3 rings (SSSR count). The number of aromatic nitrogens is 2. The largest absolute Gasteiger partial charge is 0.497 e. The van der Waals surface area contributed by atoms with Crippen LogP contribution < -0.4 is 15.7 Å². The van der Waals surface area contributed by atoms with Crippen LogP contribution in [0.25, 0.3) is 5.69 Å². The number of nitrogens with one attached hydrogen (secondary N) is 2. The molecule has 1 aromatic heterocycles. The molecule has 0 fully saturated rings. The minimum absolute atomic E-state index is 0.0830. The molecule has 0 radical (unpaired) electrons. The summed E-state index contributed by atoms with van der Waals surface area (Å²) in [4.78, 5) is 26.9. The second-order valence-electron chi connectivity index (χ2n) is 5.21. The molecule has 24 heavy (non-hydrogen) atoms. The Morgan fingerprint density at radius 3 is 2.50 bits per heavy atom. The third-order valence-corrected chi connectivity index (χ3v) is 3.58. The fraction of sp³-hybridized carbons (Fsp3) is 0.111. The van der Waals surface area contributed by atoms with Crippen LogP contribution in [-0.4, -0.2) is 22.6 Å². The second kappa shape index (κ2) is 6.87. The first-order valence-electron chi connectivity index (χ1n) is 7.46. The van der Waals surface area contributed by atoms with E-state index in [9.17, 15) is 9.59 Å². The van der Waals surface area contributed by atoms with Gasteiger partial charge in [-0.2, -0.15) is 0 Å². The third kappa shape index (κ3) is 3.38. The van der Waals surface area contributed by atoms with Gasteiger partial charge in [0.2, 0.25) is 5.91 Å². The number of H-pyrrole nitrogens is 1. The molecule has 0 saturated carbocycles. The Kier molecular flexibility index (Phi) is 4.47. The lowest BCUT2D eigenvalue weighted by atomic mass is 10.2. The van der Waals surface area contributed by atoms with Crippen molar-refractivity contribution in [3.8, 4) is 11.4 Å². The van der Waals surface area contributed by atoms with E-state index in [0.717, 1.165) is 5.69 Å². The van der Waals surface area contributed by atoms with Gasteiger partial charge < -0.3 is 15.0 Å². The number of benzene rings is 2. The number of carbonyl (C=O) groups excluding carboxylic acids is 1. The fourth-order valence-electron chi connectivity index (χ4n) is 2.44. The van der Waals surface area contributed by atoms with Crippen molar-refractivity contribution >= 4 is 11.6 Å². The molecule has 0 spiro atoms. The van der Waals surface area contributed by atoms with E-state index in [4.69, 9.17) is 4.74 Å². The van der Waals surface area contributed by atoms with Crippen LogP contribution in [-0.2, 0) is 11.2 Å². The summed E-state index contributed by atoms with van der Waals surface area (Å²) in [5, 5.41) is 2.81. The lowest BCUT2D eigenvalue weighted by Crippen LogP contribution is -2.21. The number of nitrogens with zero attached hydrogens (tertiary/aromatic N) is 1. The normalized spacial score (nSPS) is 10.4. The van der Waals surface area contributed by atoms with E-state index in [2.05, 4.69) is 10.3 Å². The summed E-state index contributed by atoms with van der Waals surface area (Å²) in [6.45, 7) is 0.